The molecule has 19 nitrogen and oxygen atoms in total. The molecule has 1 aliphatic heterocycles. The van der Waals surface area contributed by atoms with Crippen LogP contribution in [0.4, 0.5) is 0 Å². The normalized spacial score (nSPS) is 18.0. The summed E-state index contributed by atoms with van der Waals surface area (Å²) in [5.74, 6) is 1.84. The summed E-state index contributed by atoms with van der Waals surface area (Å²) in [4.78, 5) is 78.9. The van der Waals surface area contributed by atoms with Crippen LogP contribution < -0.4 is 16.5 Å². The van der Waals surface area contributed by atoms with Crippen LogP contribution in [0.25, 0.3) is 0 Å². The van der Waals surface area contributed by atoms with Gasteiger partial charge in [-0.25, -0.2) is 5.90 Å². The molecule has 5 N–H and O–H groups in total. The number of aliphatic hydroxyl groups excluding tert-OH is 1. The zero-order chi connectivity index (χ0) is 50.9. The predicted octanol–water partition coefficient (Wildman–Crippen LogP) is 2.73. The first-order chi connectivity index (χ1) is 32.4. The van der Waals surface area contributed by atoms with Gasteiger partial charge < -0.3 is 63.7 Å². The van der Waals surface area contributed by atoms with Crippen LogP contribution in [-0.4, -0.2) is 186 Å². The highest BCUT2D eigenvalue weighted by molar-refractivity contribution is 5.92. The van der Waals surface area contributed by atoms with Crippen LogP contribution in [0.5, 0.6) is 0 Å². The molecule has 2 rings (SSSR count). The van der Waals surface area contributed by atoms with Gasteiger partial charge in [-0.05, 0) is 43.1 Å². The standard InChI is InChI=1S/C49H86N6O13/c1-13-34(6)44(39(62-11)30-40(56)55-21-17-20-38(55)46(63-12)35(7)47(59)51-36(8)45(58)37-18-15-14-16-19-37)54(10)49(61)42(32(2)3)52-48(60)43(33(4)5)53(9)41(57)31-67-27-26-65-23-22-64-24-25-66-28-29-68-50/h14-16,18-19,32-36,38-39,42-46,58H,13,17,20-31,50H2,1-12H3,(H,51,59)(H,52,60)/t34-,35+,36+,38-,39+,42-,43-,44-,45+,46+/m0/s1. The van der Waals surface area contributed by atoms with Gasteiger partial charge in [-0.2, -0.15) is 0 Å². The Balaban J connectivity index is 2.10. The second-order valence-corrected chi connectivity index (χ2v) is 18.4. The van der Waals surface area contributed by atoms with Crippen molar-refractivity contribution in [2.24, 2.45) is 29.6 Å². The van der Waals surface area contributed by atoms with Crippen molar-refractivity contribution in [1.29, 1.82) is 0 Å². The van der Waals surface area contributed by atoms with E-state index in [1.54, 1.807) is 49.9 Å². The zero-order valence-corrected chi connectivity index (χ0v) is 43.0. The molecule has 19 heteroatoms. The lowest BCUT2D eigenvalue weighted by atomic mass is 9.89. The average Bonchev–Trinajstić information content (AvgIpc) is 3.81. The van der Waals surface area contributed by atoms with Crippen molar-refractivity contribution in [3.8, 4) is 0 Å². The monoisotopic (exact) mass is 967 g/mol. The highest BCUT2D eigenvalue weighted by Crippen LogP contribution is 2.30. The Hall–Kier alpha value is -3.79. The Morgan fingerprint density at radius 2 is 1.35 bits per heavy atom. The van der Waals surface area contributed by atoms with Crippen LogP contribution in [-0.2, 0) is 57.2 Å². The van der Waals surface area contributed by atoms with E-state index in [0.717, 1.165) is 6.42 Å². The fraction of sp³-hybridized carbons (Fsp3) is 0.776. The number of nitrogens with two attached hydrogens (primary N) is 1. The number of nitrogens with one attached hydrogen (secondary N) is 2. The fourth-order valence-electron chi connectivity index (χ4n) is 8.76. The SMILES string of the molecule is CC[C@H](C)[C@@H]([C@@H](CC(=O)N1CCC[C@H]1[C@H](OC)[C@@H](C)C(=O)N[C@H](C)[C@@H](O)c1ccccc1)OC)N(C)C(=O)[C@@H](NC(=O)[C@H](C(C)C)N(C)C(=O)COCCOCCOCCOCCON)C(C)C. The summed E-state index contributed by atoms with van der Waals surface area (Å²) >= 11 is 0. The minimum absolute atomic E-state index is 0.0382. The van der Waals surface area contributed by atoms with Crippen molar-refractivity contribution in [3.63, 3.8) is 0 Å². The Morgan fingerprint density at radius 1 is 0.779 bits per heavy atom. The van der Waals surface area contributed by atoms with Gasteiger partial charge in [-0.15, -0.1) is 0 Å². The Morgan fingerprint density at radius 3 is 1.87 bits per heavy atom. The minimum atomic E-state index is -0.956. The van der Waals surface area contributed by atoms with Gasteiger partial charge in [0.05, 0.1) is 102 Å². The third-order valence-electron chi connectivity index (χ3n) is 12.9. The lowest BCUT2D eigenvalue weighted by molar-refractivity contribution is -0.149. The smallest absolute Gasteiger partial charge is 0.249 e. The van der Waals surface area contributed by atoms with Crippen LogP contribution in [0.3, 0.4) is 0 Å². The van der Waals surface area contributed by atoms with Crippen LogP contribution in [0.2, 0.25) is 0 Å². The quantitative estimate of drug-likeness (QED) is 0.0576. The highest BCUT2D eigenvalue weighted by atomic mass is 16.6. The number of aliphatic hydroxyl groups is 1. The van der Waals surface area contributed by atoms with E-state index in [4.69, 9.17) is 34.3 Å². The van der Waals surface area contributed by atoms with Gasteiger partial charge in [-0.3, -0.25) is 24.0 Å². The van der Waals surface area contributed by atoms with Gasteiger partial charge in [0, 0.05) is 34.9 Å². The lowest BCUT2D eigenvalue weighted by Gasteiger charge is -2.41. The van der Waals surface area contributed by atoms with Crippen LogP contribution in [0.1, 0.15) is 92.7 Å². The number of hydrogen-bond donors (Lipinski definition) is 4. The van der Waals surface area contributed by atoms with Crippen molar-refractivity contribution in [1.82, 2.24) is 25.3 Å². The topological polar surface area (TPSA) is 230 Å². The van der Waals surface area contributed by atoms with Crippen molar-refractivity contribution in [2.45, 2.75) is 130 Å². The summed E-state index contributed by atoms with van der Waals surface area (Å²) in [5.41, 5.74) is 0.690. The third kappa shape index (κ3) is 18.8. The van der Waals surface area contributed by atoms with Crippen molar-refractivity contribution < 1.29 is 62.3 Å². The summed E-state index contributed by atoms with van der Waals surface area (Å²) in [6.45, 7) is 17.7. The molecule has 0 radical (unpaired) electrons. The first-order valence-electron chi connectivity index (χ1n) is 24.2. The number of rotatable bonds is 34. The molecule has 0 aromatic heterocycles. The Kier molecular flexibility index (Phi) is 28.5. The second-order valence-electron chi connectivity index (χ2n) is 18.4. The Bertz CT molecular complexity index is 1630. The number of likely N-dealkylation sites (N-methyl/N-ethyl adjacent to an activating group) is 2. The van der Waals surface area contributed by atoms with E-state index in [0.29, 0.717) is 64.6 Å². The zero-order valence-electron chi connectivity index (χ0n) is 43.0. The first-order valence-corrected chi connectivity index (χ1v) is 24.2. The molecule has 390 valence electrons. The summed E-state index contributed by atoms with van der Waals surface area (Å²) in [6.07, 6.45) is -0.257. The number of carbonyl (C=O) groups is 5. The average molecular weight is 967 g/mol. The molecule has 1 saturated heterocycles. The maximum absolute atomic E-state index is 14.6. The molecule has 1 aromatic rings. The van der Waals surface area contributed by atoms with Gasteiger partial charge in [0.2, 0.25) is 29.5 Å². The largest absolute Gasteiger partial charge is 0.386 e. The first kappa shape index (κ1) is 60.3. The number of hydrogen-bond acceptors (Lipinski definition) is 14. The third-order valence-corrected chi connectivity index (χ3v) is 12.9. The van der Waals surface area contributed by atoms with Gasteiger partial charge >= 0.3 is 0 Å². The molecule has 0 saturated carbocycles. The van der Waals surface area contributed by atoms with Gasteiger partial charge in [-0.1, -0.05) is 85.2 Å². The number of likely N-dealkylation sites (tertiary alicyclic amines) is 1. The summed E-state index contributed by atoms with van der Waals surface area (Å²) in [5, 5.41) is 16.8. The predicted molar refractivity (Wildman–Crippen MR) is 257 cm³/mol. The van der Waals surface area contributed by atoms with Crippen molar-refractivity contribution in [2.75, 3.05) is 94.3 Å². The molecule has 0 unspecified atom stereocenters. The molecular weight excluding hydrogens is 881 g/mol. The molecule has 1 aromatic carbocycles. The fourth-order valence-corrected chi connectivity index (χ4v) is 8.76. The van der Waals surface area contributed by atoms with E-state index < -0.39 is 66.3 Å². The summed E-state index contributed by atoms with van der Waals surface area (Å²) < 4.78 is 33.8. The van der Waals surface area contributed by atoms with E-state index in [9.17, 15) is 29.1 Å². The molecule has 10 atom stereocenters. The maximum atomic E-state index is 14.6. The number of methoxy groups -OCH3 is 2. The molecule has 0 aliphatic carbocycles. The minimum Gasteiger partial charge on any atom is -0.386 e. The molecule has 0 bridgehead atoms. The number of ether oxygens (including phenoxy) is 6. The number of nitrogens with zero attached hydrogens (tertiary/aromatic N) is 3. The van der Waals surface area contributed by atoms with Crippen LogP contribution in [0.15, 0.2) is 30.3 Å². The van der Waals surface area contributed by atoms with E-state index in [-0.39, 0.29) is 61.7 Å². The van der Waals surface area contributed by atoms with Crippen molar-refractivity contribution >= 4 is 29.5 Å². The Labute approximate surface area is 405 Å². The van der Waals surface area contributed by atoms with E-state index in [1.807, 2.05) is 59.7 Å². The maximum Gasteiger partial charge on any atom is 0.249 e. The van der Waals surface area contributed by atoms with E-state index in [2.05, 4.69) is 15.5 Å². The molecule has 1 heterocycles. The van der Waals surface area contributed by atoms with Crippen LogP contribution >= 0.6 is 0 Å². The molecular formula is C49H86N6O13. The van der Waals surface area contributed by atoms with E-state index >= 15 is 0 Å². The lowest BCUT2D eigenvalue weighted by Crippen LogP contribution is -2.60. The van der Waals surface area contributed by atoms with Crippen LogP contribution in [0, 0.1) is 23.7 Å². The van der Waals surface area contributed by atoms with E-state index in [1.165, 1.54) is 19.1 Å². The highest BCUT2D eigenvalue weighted by Gasteiger charge is 2.43. The summed E-state index contributed by atoms with van der Waals surface area (Å²) in [6, 6.07) is 5.75. The molecule has 5 amide bonds. The molecule has 1 fully saturated rings. The van der Waals surface area contributed by atoms with Gasteiger partial charge in [0.25, 0.3) is 0 Å². The second kappa shape index (κ2) is 32.2. The molecule has 0 spiro atoms. The number of amides is 5. The number of carbonyl (C=O) groups excluding carboxylic acids is 5. The van der Waals surface area contributed by atoms with Gasteiger partial charge in [0.15, 0.2) is 0 Å². The van der Waals surface area contributed by atoms with Crippen molar-refractivity contribution in [3.05, 3.63) is 35.9 Å². The molecule has 1 aliphatic rings. The number of benzene rings is 1. The molecule has 68 heavy (non-hydrogen) atoms. The van der Waals surface area contributed by atoms with Gasteiger partial charge in [0.1, 0.15) is 18.7 Å². The summed E-state index contributed by atoms with van der Waals surface area (Å²) in [7, 11) is 6.28.